The summed E-state index contributed by atoms with van der Waals surface area (Å²) in [4.78, 5) is 9.31. The Hall–Kier alpha value is -2.77. The van der Waals surface area contributed by atoms with Crippen LogP contribution in [0.25, 0.3) is 11.3 Å². The van der Waals surface area contributed by atoms with Gasteiger partial charge in [-0.05, 0) is 57.0 Å². The Labute approximate surface area is 178 Å². The zero-order valence-electron chi connectivity index (χ0n) is 17.6. The van der Waals surface area contributed by atoms with Gasteiger partial charge in [0.15, 0.2) is 9.84 Å². The molecule has 0 amide bonds. The van der Waals surface area contributed by atoms with Crippen LogP contribution in [0.4, 0.5) is 5.82 Å². The minimum absolute atomic E-state index is 0.311. The van der Waals surface area contributed by atoms with Gasteiger partial charge in [-0.3, -0.25) is 0 Å². The van der Waals surface area contributed by atoms with Crippen LogP contribution < -0.4 is 11.1 Å². The van der Waals surface area contributed by atoms with E-state index in [4.69, 9.17) is 10.7 Å². The molecule has 6 nitrogen and oxygen atoms in total. The van der Waals surface area contributed by atoms with Gasteiger partial charge in [-0.1, -0.05) is 36.4 Å². The molecule has 158 valence electrons. The van der Waals surface area contributed by atoms with Crippen LogP contribution in [0.5, 0.6) is 0 Å². The van der Waals surface area contributed by atoms with E-state index in [9.17, 15) is 8.42 Å². The van der Waals surface area contributed by atoms with E-state index in [1.54, 1.807) is 44.3 Å². The molecule has 0 unspecified atom stereocenters. The molecule has 0 radical (unpaired) electrons. The van der Waals surface area contributed by atoms with Crippen LogP contribution in [0, 0.1) is 0 Å². The average molecular weight is 425 g/mol. The lowest BCUT2D eigenvalue weighted by Crippen LogP contribution is -2.13. The van der Waals surface area contributed by atoms with Gasteiger partial charge in [0.2, 0.25) is 0 Å². The van der Waals surface area contributed by atoms with Gasteiger partial charge in [0.1, 0.15) is 5.82 Å². The molecule has 3 aromatic rings. The van der Waals surface area contributed by atoms with Gasteiger partial charge in [-0.25, -0.2) is 18.4 Å². The Bertz CT molecular complexity index is 1110. The number of benzene rings is 2. The number of nitrogens with zero attached hydrogens (tertiary/aromatic N) is 2. The molecular formula is C23H28N4O2S. The minimum atomic E-state index is -3.30. The van der Waals surface area contributed by atoms with E-state index in [0.717, 1.165) is 24.2 Å². The van der Waals surface area contributed by atoms with Gasteiger partial charge < -0.3 is 11.1 Å². The Morgan fingerprint density at radius 1 is 1.03 bits per heavy atom. The summed E-state index contributed by atoms with van der Waals surface area (Å²) in [5, 5.41) is 2.70. The fraction of sp³-hybridized carbons (Fsp3) is 0.304. The molecular weight excluding hydrogens is 396 g/mol. The summed E-state index contributed by atoms with van der Waals surface area (Å²) in [5.41, 5.74) is 10.7. The first-order valence-electron chi connectivity index (χ1n) is 9.99. The van der Waals surface area contributed by atoms with E-state index < -0.39 is 15.1 Å². The van der Waals surface area contributed by atoms with Gasteiger partial charge in [-0.15, -0.1) is 0 Å². The van der Waals surface area contributed by atoms with Crippen molar-refractivity contribution in [2.45, 2.75) is 43.4 Å². The number of hydrogen-bond acceptors (Lipinski definition) is 6. The summed E-state index contributed by atoms with van der Waals surface area (Å²) in [6.07, 6.45) is 3.11. The molecule has 3 rings (SSSR count). The molecule has 7 heteroatoms. The van der Waals surface area contributed by atoms with Gasteiger partial charge in [0.05, 0.1) is 27.7 Å². The molecule has 0 bridgehead atoms. The molecule has 2 aromatic carbocycles. The second-order valence-electron chi connectivity index (χ2n) is 7.56. The number of nitrogens with one attached hydrogen (secondary N) is 1. The third-order valence-corrected chi connectivity index (χ3v) is 7.17. The van der Waals surface area contributed by atoms with E-state index in [1.807, 2.05) is 7.05 Å². The van der Waals surface area contributed by atoms with Gasteiger partial charge in [0, 0.05) is 12.1 Å². The summed E-state index contributed by atoms with van der Waals surface area (Å²) in [5.74, 6) is 0.420. The Morgan fingerprint density at radius 3 is 2.40 bits per heavy atom. The molecule has 1 aromatic heterocycles. The van der Waals surface area contributed by atoms with E-state index in [0.29, 0.717) is 22.8 Å². The monoisotopic (exact) mass is 424 g/mol. The number of sulfone groups is 1. The van der Waals surface area contributed by atoms with E-state index >= 15 is 0 Å². The normalized spacial score (nSPS) is 11.7. The van der Waals surface area contributed by atoms with E-state index in [-0.39, 0.29) is 0 Å². The third-order valence-electron chi connectivity index (χ3n) is 5.00. The highest BCUT2D eigenvalue weighted by molar-refractivity contribution is 7.92. The van der Waals surface area contributed by atoms with Crippen LogP contribution in [0.2, 0.25) is 0 Å². The number of rotatable bonds is 8. The standard InChI is InChI=1S/C23H28N4O2S/c1-16(2)30(28,29)20-10-8-19(9-11-20)22-15-26-23(24)21(27-22)12-7-17-5-4-6-18(13-17)14-25-3/h4-6,8-11,13,15-16,25H,7,12,14H2,1-3H3,(H2,24,26). The average Bonchev–Trinajstić information content (AvgIpc) is 2.74. The largest absolute Gasteiger partial charge is 0.382 e. The van der Waals surface area contributed by atoms with Crippen molar-refractivity contribution in [1.82, 2.24) is 15.3 Å². The highest BCUT2D eigenvalue weighted by atomic mass is 32.2. The second-order valence-corrected chi connectivity index (χ2v) is 10.1. The van der Waals surface area contributed by atoms with Crippen LogP contribution in [-0.4, -0.2) is 30.7 Å². The molecule has 1 heterocycles. The Balaban J connectivity index is 1.79. The van der Waals surface area contributed by atoms with E-state index in [1.165, 1.54) is 11.1 Å². The molecule has 0 aliphatic rings. The lowest BCUT2D eigenvalue weighted by atomic mass is 10.0. The summed E-state index contributed by atoms with van der Waals surface area (Å²) >= 11 is 0. The number of hydrogen-bond donors (Lipinski definition) is 2. The number of aryl methyl sites for hydroxylation is 2. The number of nitrogen functional groups attached to an aromatic ring is 1. The van der Waals surface area contributed by atoms with Crippen LogP contribution in [0.3, 0.4) is 0 Å². The zero-order valence-corrected chi connectivity index (χ0v) is 18.4. The zero-order chi connectivity index (χ0) is 21.7. The van der Waals surface area contributed by atoms with Crippen molar-refractivity contribution in [3.8, 4) is 11.3 Å². The first-order chi connectivity index (χ1) is 14.3. The smallest absolute Gasteiger partial charge is 0.180 e. The van der Waals surface area contributed by atoms with Crippen molar-refractivity contribution in [1.29, 1.82) is 0 Å². The maximum Gasteiger partial charge on any atom is 0.180 e. The fourth-order valence-corrected chi connectivity index (χ4v) is 4.27. The fourth-order valence-electron chi connectivity index (χ4n) is 3.21. The first-order valence-corrected chi connectivity index (χ1v) is 11.5. The summed E-state index contributed by atoms with van der Waals surface area (Å²) in [6, 6.07) is 15.2. The highest BCUT2D eigenvalue weighted by Gasteiger charge is 2.19. The van der Waals surface area contributed by atoms with Gasteiger partial charge in [0.25, 0.3) is 0 Å². The second kappa shape index (κ2) is 9.36. The van der Waals surface area contributed by atoms with Crippen molar-refractivity contribution in [3.05, 3.63) is 71.5 Å². The quantitative estimate of drug-likeness (QED) is 0.575. The number of nitrogens with two attached hydrogens (primary N) is 1. The van der Waals surface area contributed by atoms with Crippen molar-refractivity contribution in [2.75, 3.05) is 12.8 Å². The van der Waals surface area contributed by atoms with Crippen molar-refractivity contribution >= 4 is 15.7 Å². The van der Waals surface area contributed by atoms with Crippen LogP contribution in [-0.2, 0) is 29.2 Å². The van der Waals surface area contributed by atoms with Crippen LogP contribution in [0.15, 0.2) is 59.6 Å². The molecule has 0 spiro atoms. The molecule has 0 aliphatic heterocycles. The molecule has 0 atom stereocenters. The molecule has 0 saturated heterocycles. The predicted octanol–water partition coefficient (Wildman–Crippen LogP) is 3.41. The van der Waals surface area contributed by atoms with E-state index in [2.05, 4.69) is 34.6 Å². The first kappa shape index (κ1) is 21.9. The predicted molar refractivity (Wildman–Crippen MR) is 121 cm³/mol. The topological polar surface area (TPSA) is 98.0 Å². The van der Waals surface area contributed by atoms with Crippen molar-refractivity contribution in [3.63, 3.8) is 0 Å². The van der Waals surface area contributed by atoms with Crippen LogP contribution in [0.1, 0.15) is 30.7 Å². The Morgan fingerprint density at radius 2 is 1.73 bits per heavy atom. The summed E-state index contributed by atoms with van der Waals surface area (Å²) in [6.45, 7) is 4.18. The molecule has 0 fully saturated rings. The lowest BCUT2D eigenvalue weighted by molar-refractivity contribution is 0.587. The maximum absolute atomic E-state index is 12.3. The molecule has 3 N–H and O–H groups in total. The van der Waals surface area contributed by atoms with Crippen molar-refractivity contribution < 1.29 is 8.42 Å². The third kappa shape index (κ3) is 5.04. The molecule has 30 heavy (non-hydrogen) atoms. The minimum Gasteiger partial charge on any atom is -0.382 e. The van der Waals surface area contributed by atoms with Gasteiger partial charge >= 0.3 is 0 Å². The summed E-state index contributed by atoms with van der Waals surface area (Å²) in [7, 11) is -1.37. The number of aromatic nitrogens is 2. The van der Waals surface area contributed by atoms with Gasteiger partial charge in [-0.2, -0.15) is 0 Å². The lowest BCUT2D eigenvalue weighted by Gasteiger charge is -2.10. The van der Waals surface area contributed by atoms with Crippen molar-refractivity contribution in [2.24, 2.45) is 0 Å². The summed E-state index contributed by atoms with van der Waals surface area (Å²) < 4.78 is 24.6. The Kier molecular flexibility index (Phi) is 6.84. The molecule has 0 aliphatic carbocycles. The number of anilines is 1. The van der Waals surface area contributed by atoms with Crippen LogP contribution >= 0.6 is 0 Å². The SMILES string of the molecule is CNCc1cccc(CCc2nc(-c3ccc(S(=O)(=O)C(C)C)cc3)cnc2N)c1. The molecule has 0 saturated carbocycles. The highest BCUT2D eigenvalue weighted by Crippen LogP contribution is 2.23. The maximum atomic E-state index is 12.3.